The van der Waals surface area contributed by atoms with Crippen LogP contribution in [-0.4, -0.2) is 26.1 Å². The Morgan fingerprint density at radius 2 is 1.74 bits per heavy atom. The third-order valence-electron chi connectivity index (χ3n) is 6.08. The summed E-state index contributed by atoms with van der Waals surface area (Å²) in [5, 5.41) is 17.9. The number of fused-ring (bicyclic) bond motifs is 1. The first-order valence-electron chi connectivity index (χ1n) is 11.2. The first-order chi connectivity index (χ1) is 17.2. The minimum Gasteiger partial charge on any atom is -0.507 e. The quantitative estimate of drug-likeness (QED) is 0.326. The Kier molecular flexibility index (Phi) is 5.07. The Labute approximate surface area is 201 Å². The van der Waals surface area contributed by atoms with Gasteiger partial charge in [-0.3, -0.25) is 9.89 Å². The van der Waals surface area contributed by atoms with E-state index in [0.29, 0.717) is 34.0 Å². The van der Waals surface area contributed by atoms with Gasteiger partial charge >= 0.3 is 0 Å². The molecule has 1 unspecified atom stereocenters. The molecule has 7 nitrogen and oxygen atoms in total. The highest BCUT2D eigenvalue weighted by molar-refractivity contribution is 6.00. The summed E-state index contributed by atoms with van der Waals surface area (Å²) in [5.41, 5.74) is 3.05. The Hall–Kier alpha value is -4.78. The van der Waals surface area contributed by atoms with E-state index in [2.05, 4.69) is 10.2 Å². The zero-order chi connectivity index (χ0) is 23.8. The number of amides is 1. The van der Waals surface area contributed by atoms with Crippen LogP contribution in [0.4, 0.5) is 0 Å². The van der Waals surface area contributed by atoms with E-state index in [1.165, 1.54) is 0 Å². The number of H-pyrrole nitrogens is 1. The van der Waals surface area contributed by atoms with E-state index in [1.807, 2.05) is 66.7 Å². The van der Waals surface area contributed by atoms with Crippen LogP contribution in [0.25, 0.3) is 11.3 Å². The molecule has 0 fully saturated rings. The van der Waals surface area contributed by atoms with Gasteiger partial charge in [-0.1, -0.05) is 42.5 Å². The molecule has 0 bridgehead atoms. The number of benzene rings is 3. The lowest BCUT2D eigenvalue weighted by Crippen LogP contribution is -2.29. The van der Waals surface area contributed by atoms with Crippen LogP contribution in [0.3, 0.4) is 0 Å². The molecule has 5 aromatic rings. The number of ether oxygens (including phenoxy) is 1. The minimum atomic E-state index is -0.463. The molecule has 3 aromatic carbocycles. The van der Waals surface area contributed by atoms with Gasteiger partial charge in [-0.15, -0.1) is 0 Å². The van der Waals surface area contributed by atoms with Crippen LogP contribution in [0.1, 0.15) is 33.4 Å². The maximum Gasteiger partial charge on any atom is 0.273 e. The normalized spacial score (nSPS) is 14.8. The summed E-state index contributed by atoms with van der Waals surface area (Å²) >= 11 is 0. The molecule has 0 saturated carbocycles. The lowest BCUT2D eigenvalue weighted by Gasteiger charge is -2.26. The van der Waals surface area contributed by atoms with Gasteiger partial charge in [-0.25, -0.2) is 0 Å². The lowest BCUT2D eigenvalue weighted by atomic mass is 9.95. The Bertz CT molecular complexity index is 1490. The molecule has 0 saturated heterocycles. The molecule has 7 heteroatoms. The number of aromatic amines is 1. The van der Waals surface area contributed by atoms with Gasteiger partial charge in [0.25, 0.3) is 5.91 Å². The van der Waals surface area contributed by atoms with Gasteiger partial charge in [0, 0.05) is 11.1 Å². The lowest BCUT2D eigenvalue weighted by molar-refractivity contribution is 0.0717. The maximum atomic E-state index is 13.5. The average Bonchev–Trinajstić information content (AvgIpc) is 3.60. The fourth-order valence-corrected chi connectivity index (χ4v) is 4.53. The van der Waals surface area contributed by atoms with Crippen LogP contribution in [0.15, 0.2) is 102 Å². The molecular weight excluding hydrogens is 442 g/mol. The number of nitrogens with zero attached hydrogens (tertiary/aromatic N) is 2. The van der Waals surface area contributed by atoms with Gasteiger partial charge in [0.05, 0.1) is 18.8 Å². The van der Waals surface area contributed by atoms with Crippen LogP contribution < -0.4 is 4.74 Å². The van der Waals surface area contributed by atoms with Crippen molar-refractivity contribution in [3.63, 3.8) is 0 Å². The fraction of sp³-hybridized carbons (Fsp3) is 0.0714. The Morgan fingerprint density at radius 1 is 0.943 bits per heavy atom. The standard InChI is InChI=1S/C28H21N3O4/c32-23-14-5-4-13-22(23)25-24-26(30-29-25)28(33)31(17-21-12-7-15-34-21)27(24)18-8-6-11-20(16-18)35-19-9-2-1-3-10-19/h1-16,27,32H,17H2,(H,29,30). The molecule has 6 rings (SSSR count). The van der Waals surface area contributed by atoms with E-state index in [9.17, 15) is 9.90 Å². The number of hydrogen-bond donors (Lipinski definition) is 2. The molecule has 1 aliphatic heterocycles. The molecule has 172 valence electrons. The van der Waals surface area contributed by atoms with Gasteiger partial charge in [-0.2, -0.15) is 5.10 Å². The van der Waals surface area contributed by atoms with Crippen molar-refractivity contribution in [2.45, 2.75) is 12.6 Å². The largest absolute Gasteiger partial charge is 0.507 e. The highest BCUT2D eigenvalue weighted by atomic mass is 16.5. The predicted molar refractivity (Wildman–Crippen MR) is 129 cm³/mol. The van der Waals surface area contributed by atoms with Gasteiger partial charge < -0.3 is 19.2 Å². The first-order valence-corrected chi connectivity index (χ1v) is 11.2. The third-order valence-corrected chi connectivity index (χ3v) is 6.08. The number of phenolic OH excluding ortho intramolecular Hbond substituents is 1. The van der Waals surface area contributed by atoms with Crippen molar-refractivity contribution in [2.24, 2.45) is 0 Å². The zero-order valence-corrected chi connectivity index (χ0v) is 18.6. The molecular formula is C28H21N3O4. The number of hydrogen-bond acceptors (Lipinski definition) is 5. The number of para-hydroxylation sites is 2. The number of carbonyl (C=O) groups is 1. The van der Waals surface area contributed by atoms with Crippen LogP contribution >= 0.6 is 0 Å². The van der Waals surface area contributed by atoms with Crippen molar-refractivity contribution in [3.05, 3.63) is 120 Å². The topological polar surface area (TPSA) is 91.6 Å². The van der Waals surface area contributed by atoms with E-state index < -0.39 is 6.04 Å². The number of furan rings is 1. The molecule has 1 amide bonds. The molecule has 1 aliphatic rings. The second-order valence-electron chi connectivity index (χ2n) is 8.28. The van der Waals surface area contributed by atoms with Gasteiger partial charge in [0.15, 0.2) is 0 Å². The second-order valence-corrected chi connectivity index (χ2v) is 8.28. The molecule has 0 spiro atoms. The number of phenols is 1. The molecule has 2 N–H and O–H groups in total. The van der Waals surface area contributed by atoms with E-state index in [0.717, 1.165) is 11.3 Å². The summed E-state index contributed by atoms with van der Waals surface area (Å²) in [6.07, 6.45) is 1.59. The molecule has 2 aromatic heterocycles. The Balaban J connectivity index is 1.47. The number of aromatic nitrogens is 2. The van der Waals surface area contributed by atoms with Crippen LogP contribution in [0.2, 0.25) is 0 Å². The number of nitrogens with one attached hydrogen (secondary N) is 1. The van der Waals surface area contributed by atoms with Crippen LogP contribution in [0, 0.1) is 0 Å². The summed E-state index contributed by atoms with van der Waals surface area (Å²) < 4.78 is 11.6. The van der Waals surface area contributed by atoms with Gasteiger partial charge in [0.2, 0.25) is 0 Å². The number of rotatable bonds is 6. The van der Waals surface area contributed by atoms with Crippen molar-refractivity contribution in [1.82, 2.24) is 15.1 Å². The summed E-state index contributed by atoms with van der Waals surface area (Å²) in [5.74, 6) is 1.95. The summed E-state index contributed by atoms with van der Waals surface area (Å²) in [7, 11) is 0. The van der Waals surface area contributed by atoms with Crippen molar-refractivity contribution in [2.75, 3.05) is 0 Å². The summed E-state index contributed by atoms with van der Waals surface area (Å²) in [4.78, 5) is 15.3. The van der Waals surface area contributed by atoms with Crippen molar-refractivity contribution in [1.29, 1.82) is 0 Å². The van der Waals surface area contributed by atoms with Gasteiger partial charge in [-0.05, 0) is 54.1 Å². The first kappa shape index (κ1) is 20.8. The molecule has 3 heterocycles. The SMILES string of the molecule is O=C1c2[nH]nc(-c3ccccc3O)c2C(c2cccc(Oc3ccccc3)c2)N1Cc1ccco1. The van der Waals surface area contributed by atoms with E-state index in [-0.39, 0.29) is 18.2 Å². The van der Waals surface area contributed by atoms with Crippen LogP contribution in [-0.2, 0) is 6.54 Å². The monoisotopic (exact) mass is 463 g/mol. The zero-order valence-electron chi connectivity index (χ0n) is 18.6. The number of aromatic hydroxyl groups is 1. The molecule has 1 atom stereocenters. The highest BCUT2D eigenvalue weighted by Gasteiger charge is 2.43. The third kappa shape index (κ3) is 3.73. The van der Waals surface area contributed by atoms with E-state index in [1.54, 1.807) is 35.4 Å². The predicted octanol–water partition coefficient (Wildman–Crippen LogP) is 5.91. The van der Waals surface area contributed by atoms with Crippen molar-refractivity contribution >= 4 is 5.91 Å². The van der Waals surface area contributed by atoms with Crippen LogP contribution in [0.5, 0.6) is 17.2 Å². The molecule has 35 heavy (non-hydrogen) atoms. The Morgan fingerprint density at radius 3 is 2.54 bits per heavy atom. The maximum absolute atomic E-state index is 13.5. The van der Waals surface area contributed by atoms with E-state index in [4.69, 9.17) is 9.15 Å². The fourth-order valence-electron chi connectivity index (χ4n) is 4.53. The van der Waals surface area contributed by atoms with Crippen molar-refractivity contribution < 1.29 is 19.1 Å². The summed E-state index contributed by atoms with van der Waals surface area (Å²) in [6, 6.07) is 27.4. The smallest absolute Gasteiger partial charge is 0.273 e. The van der Waals surface area contributed by atoms with E-state index >= 15 is 0 Å². The molecule has 0 radical (unpaired) electrons. The van der Waals surface area contributed by atoms with Gasteiger partial charge in [0.1, 0.15) is 34.4 Å². The second kappa shape index (κ2) is 8.53. The molecule has 0 aliphatic carbocycles. The summed E-state index contributed by atoms with van der Waals surface area (Å²) in [6.45, 7) is 0.281. The number of carbonyl (C=O) groups excluding carboxylic acids is 1. The minimum absolute atomic E-state index is 0.0960. The van der Waals surface area contributed by atoms with Crippen molar-refractivity contribution in [3.8, 4) is 28.5 Å². The highest BCUT2D eigenvalue weighted by Crippen LogP contribution is 2.45. The average molecular weight is 463 g/mol.